The summed E-state index contributed by atoms with van der Waals surface area (Å²) in [5.74, 6) is -0.336. The highest BCUT2D eigenvalue weighted by molar-refractivity contribution is 5.33. The van der Waals surface area contributed by atoms with E-state index in [-0.39, 0.29) is 11.7 Å². The number of methoxy groups -OCH3 is 1. The first kappa shape index (κ1) is 18.9. The summed E-state index contributed by atoms with van der Waals surface area (Å²) in [7, 11) is 1.45. The van der Waals surface area contributed by atoms with Gasteiger partial charge in [0.15, 0.2) is 11.6 Å². The van der Waals surface area contributed by atoms with E-state index in [2.05, 4.69) is 4.90 Å². The lowest BCUT2D eigenvalue weighted by atomic mass is 9.88. The quantitative estimate of drug-likeness (QED) is 0.825. The van der Waals surface area contributed by atoms with E-state index in [4.69, 9.17) is 4.74 Å². The van der Waals surface area contributed by atoms with Crippen LogP contribution in [0.2, 0.25) is 0 Å². The Morgan fingerprint density at radius 3 is 2.31 bits per heavy atom. The van der Waals surface area contributed by atoms with Crippen molar-refractivity contribution in [1.29, 1.82) is 0 Å². The molecule has 1 aliphatic heterocycles. The first-order valence-corrected chi connectivity index (χ1v) is 9.48. The van der Waals surface area contributed by atoms with Gasteiger partial charge in [0.1, 0.15) is 0 Å². The lowest BCUT2D eigenvalue weighted by Gasteiger charge is -2.30. The van der Waals surface area contributed by atoms with Gasteiger partial charge in [0.05, 0.1) is 13.2 Å². The number of hydrogen-bond donors (Lipinski definition) is 1. The second kappa shape index (κ2) is 9.15. The summed E-state index contributed by atoms with van der Waals surface area (Å²) < 4.78 is 19.1. The Kier molecular flexibility index (Phi) is 6.64. The second-order valence-corrected chi connectivity index (χ2v) is 7.07. The number of aliphatic hydroxyl groups is 1. The topological polar surface area (TPSA) is 32.7 Å². The normalized spacial score (nSPS) is 18.1. The summed E-state index contributed by atoms with van der Waals surface area (Å²) in [5, 5.41) is 11.1. The van der Waals surface area contributed by atoms with Crippen LogP contribution in [0.25, 0.3) is 0 Å². The van der Waals surface area contributed by atoms with Crippen molar-refractivity contribution in [2.24, 2.45) is 0 Å². The third kappa shape index (κ3) is 4.63. The molecular formula is C22H28FNO2. The Morgan fingerprint density at radius 1 is 1.00 bits per heavy atom. The van der Waals surface area contributed by atoms with Crippen LogP contribution >= 0.6 is 0 Å². The number of likely N-dealkylation sites (tertiary alicyclic amines) is 1. The highest BCUT2D eigenvalue weighted by Gasteiger charge is 2.26. The molecule has 2 atom stereocenters. The highest BCUT2D eigenvalue weighted by Crippen LogP contribution is 2.34. The molecule has 0 spiro atoms. The van der Waals surface area contributed by atoms with E-state index in [1.54, 1.807) is 12.1 Å². The molecule has 0 unspecified atom stereocenters. The molecule has 0 saturated carbocycles. The van der Waals surface area contributed by atoms with Gasteiger partial charge in [-0.2, -0.15) is 0 Å². The van der Waals surface area contributed by atoms with Crippen molar-refractivity contribution in [2.75, 3.05) is 26.7 Å². The standard InChI is InChI=1S/C22H28FNO2/c1-26-21-12-11-18(15-20(21)23)22(25)19(17-9-5-4-6-10-17)16-24-13-7-2-3-8-14-24/h4-6,9-12,15,19,22,25H,2-3,7-8,13-14,16H2,1H3/t19-,22-/m0/s1. The van der Waals surface area contributed by atoms with Crippen LogP contribution in [0.15, 0.2) is 48.5 Å². The van der Waals surface area contributed by atoms with E-state index in [0.29, 0.717) is 5.56 Å². The third-order valence-corrected chi connectivity index (χ3v) is 5.28. The molecular weight excluding hydrogens is 329 g/mol. The minimum Gasteiger partial charge on any atom is -0.494 e. The lowest BCUT2D eigenvalue weighted by molar-refractivity contribution is 0.117. The van der Waals surface area contributed by atoms with Crippen molar-refractivity contribution in [3.63, 3.8) is 0 Å². The molecule has 0 radical (unpaired) electrons. The van der Waals surface area contributed by atoms with Gasteiger partial charge in [-0.3, -0.25) is 0 Å². The SMILES string of the molecule is COc1ccc([C@H](O)[C@@H](CN2CCCCCC2)c2ccccc2)cc1F. The van der Waals surface area contributed by atoms with Gasteiger partial charge in [-0.25, -0.2) is 4.39 Å². The fraction of sp³-hybridized carbons (Fsp3) is 0.455. The first-order chi connectivity index (χ1) is 12.7. The van der Waals surface area contributed by atoms with Gasteiger partial charge in [0.2, 0.25) is 0 Å². The molecule has 3 rings (SSSR count). The molecule has 4 heteroatoms. The average Bonchev–Trinajstić information content (AvgIpc) is 2.95. The summed E-state index contributed by atoms with van der Waals surface area (Å²) >= 11 is 0. The van der Waals surface area contributed by atoms with E-state index < -0.39 is 11.9 Å². The summed E-state index contributed by atoms with van der Waals surface area (Å²) in [4.78, 5) is 2.44. The monoisotopic (exact) mass is 357 g/mol. The molecule has 2 aromatic carbocycles. The molecule has 2 aromatic rings. The molecule has 1 aliphatic rings. The van der Waals surface area contributed by atoms with E-state index in [0.717, 1.165) is 25.2 Å². The number of halogens is 1. The number of aliphatic hydroxyl groups excluding tert-OH is 1. The van der Waals surface area contributed by atoms with Gasteiger partial charge in [-0.1, -0.05) is 49.2 Å². The van der Waals surface area contributed by atoms with Gasteiger partial charge < -0.3 is 14.7 Å². The van der Waals surface area contributed by atoms with Gasteiger partial charge in [0, 0.05) is 12.5 Å². The molecule has 0 bridgehead atoms. The molecule has 3 nitrogen and oxygen atoms in total. The van der Waals surface area contributed by atoms with Gasteiger partial charge in [-0.15, -0.1) is 0 Å². The molecule has 1 saturated heterocycles. The predicted octanol–water partition coefficient (Wildman–Crippen LogP) is 4.53. The number of rotatable bonds is 6. The van der Waals surface area contributed by atoms with Crippen LogP contribution in [0, 0.1) is 5.82 Å². The van der Waals surface area contributed by atoms with E-state index >= 15 is 0 Å². The Bertz CT molecular complexity index is 684. The highest BCUT2D eigenvalue weighted by atomic mass is 19.1. The number of nitrogens with zero attached hydrogens (tertiary/aromatic N) is 1. The van der Waals surface area contributed by atoms with Crippen LogP contribution in [0.4, 0.5) is 4.39 Å². The lowest BCUT2D eigenvalue weighted by Crippen LogP contribution is -2.32. The third-order valence-electron chi connectivity index (χ3n) is 5.28. The average molecular weight is 357 g/mol. The van der Waals surface area contributed by atoms with Crippen LogP contribution in [-0.4, -0.2) is 36.8 Å². The van der Waals surface area contributed by atoms with Crippen LogP contribution in [0.1, 0.15) is 48.8 Å². The largest absolute Gasteiger partial charge is 0.494 e. The maximum atomic E-state index is 14.1. The fourth-order valence-electron chi connectivity index (χ4n) is 3.78. The van der Waals surface area contributed by atoms with Crippen molar-refractivity contribution in [3.05, 3.63) is 65.5 Å². The Hall–Kier alpha value is -1.91. The number of benzene rings is 2. The zero-order chi connectivity index (χ0) is 18.4. The van der Waals surface area contributed by atoms with E-state index in [9.17, 15) is 9.50 Å². The molecule has 1 fully saturated rings. The Morgan fingerprint density at radius 2 is 1.69 bits per heavy atom. The number of ether oxygens (including phenoxy) is 1. The minimum absolute atomic E-state index is 0.0953. The van der Waals surface area contributed by atoms with Crippen molar-refractivity contribution >= 4 is 0 Å². The van der Waals surface area contributed by atoms with Gasteiger partial charge in [0.25, 0.3) is 0 Å². The smallest absolute Gasteiger partial charge is 0.165 e. The molecule has 140 valence electrons. The predicted molar refractivity (Wildman–Crippen MR) is 102 cm³/mol. The summed E-state index contributed by atoms with van der Waals surface area (Å²) in [6, 6.07) is 14.8. The van der Waals surface area contributed by atoms with Crippen LogP contribution in [-0.2, 0) is 0 Å². The summed E-state index contributed by atoms with van der Waals surface area (Å²) in [6.45, 7) is 2.90. The van der Waals surface area contributed by atoms with Crippen LogP contribution in [0.3, 0.4) is 0 Å². The fourth-order valence-corrected chi connectivity index (χ4v) is 3.78. The molecule has 0 amide bonds. The van der Waals surface area contributed by atoms with Crippen molar-refractivity contribution in [2.45, 2.75) is 37.7 Å². The zero-order valence-corrected chi connectivity index (χ0v) is 15.4. The van der Waals surface area contributed by atoms with Crippen LogP contribution in [0.5, 0.6) is 5.75 Å². The molecule has 0 aliphatic carbocycles. The molecule has 0 aromatic heterocycles. The van der Waals surface area contributed by atoms with Crippen molar-refractivity contribution in [1.82, 2.24) is 4.90 Å². The van der Waals surface area contributed by atoms with Crippen molar-refractivity contribution < 1.29 is 14.2 Å². The maximum Gasteiger partial charge on any atom is 0.165 e. The molecule has 1 N–H and O–H groups in total. The van der Waals surface area contributed by atoms with E-state index in [1.165, 1.54) is 38.9 Å². The Balaban J connectivity index is 1.85. The van der Waals surface area contributed by atoms with E-state index in [1.807, 2.05) is 30.3 Å². The van der Waals surface area contributed by atoms with Crippen molar-refractivity contribution in [3.8, 4) is 5.75 Å². The summed E-state index contributed by atoms with van der Waals surface area (Å²) in [6.07, 6.45) is 4.20. The minimum atomic E-state index is -0.763. The molecule has 1 heterocycles. The maximum absolute atomic E-state index is 14.1. The number of hydrogen-bond acceptors (Lipinski definition) is 3. The Labute approximate surface area is 155 Å². The summed E-state index contributed by atoms with van der Waals surface area (Å²) in [5.41, 5.74) is 1.67. The van der Waals surface area contributed by atoms with Gasteiger partial charge in [-0.05, 0) is 49.2 Å². The molecule has 26 heavy (non-hydrogen) atoms. The van der Waals surface area contributed by atoms with Gasteiger partial charge >= 0.3 is 0 Å². The second-order valence-electron chi connectivity index (χ2n) is 7.07. The van der Waals surface area contributed by atoms with Crippen LogP contribution < -0.4 is 4.74 Å². The first-order valence-electron chi connectivity index (χ1n) is 9.48. The zero-order valence-electron chi connectivity index (χ0n) is 15.4.